The standard InChI is InChI=1S/C16H23ClN2O5S/c1-22-11-16(2-4-18-5-3-16)10-19-25(20,21)15-9-14-13(8-12(15)17)23-6-7-24-14/h8-9,18-19H,2-7,10-11H2,1H3. The second-order valence-corrected chi connectivity index (χ2v) is 8.58. The Labute approximate surface area is 153 Å². The van der Waals surface area contributed by atoms with E-state index in [4.69, 9.17) is 25.8 Å². The third kappa shape index (κ3) is 4.20. The molecule has 2 N–H and O–H groups in total. The summed E-state index contributed by atoms with van der Waals surface area (Å²) in [6.45, 7) is 3.29. The second-order valence-electron chi connectivity index (χ2n) is 6.43. The lowest BCUT2D eigenvalue weighted by Crippen LogP contribution is -2.47. The van der Waals surface area contributed by atoms with Gasteiger partial charge in [0, 0.05) is 31.2 Å². The fourth-order valence-electron chi connectivity index (χ4n) is 3.21. The maximum atomic E-state index is 12.8. The third-order valence-corrected chi connectivity index (χ3v) is 6.50. The quantitative estimate of drug-likeness (QED) is 0.763. The number of hydrogen-bond acceptors (Lipinski definition) is 6. The fourth-order valence-corrected chi connectivity index (χ4v) is 4.90. The molecule has 0 atom stereocenters. The van der Waals surface area contributed by atoms with Gasteiger partial charge in [-0.15, -0.1) is 0 Å². The van der Waals surface area contributed by atoms with Gasteiger partial charge in [-0.3, -0.25) is 0 Å². The van der Waals surface area contributed by atoms with Crippen molar-refractivity contribution in [3.63, 3.8) is 0 Å². The Balaban J connectivity index is 1.79. The van der Waals surface area contributed by atoms with E-state index in [0.717, 1.165) is 25.9 Å². The van der Waals surface area contributed by atoms with Crippen LogP contribution in [0.25, 0.3) is 0 Å². The molecule has 0 aromatic heterocycles. The van der Waals surface area contributed by atoms with E-state index in [-0.39, 0.29) is 15.3 Å². The molecule has 0 aliphatic carbocycles. The van der Waals surface area contributed by atoms with Crippen LogP contribution >= 0.6 is 11.6 Å². The Bertz CT molecular complexity index is 714. The zero-order chi connectivity index (χ0) is 17.9. The van der Waals surface area contributed by atoms with Crippen molar-refractivity contribution in [1.82, 2.24) is 10.0 Å². The maximum absolute atomic E-state index is 12.8. The Morgan fingerprint density at radius 2 is 1.88 bits per heavy atom. The van der Waals surface area contributed by atoms with Crippen LogP contribution in [0.15, 0.2) is 17.0 Å². The molecule has 0 saturated carbocycles. The van der Waals surface area contributed by atoms with Crippen LogP contribution in [-0.2, 0) is 14.8 Å². The van der Waals surface area contributed by atoms with Crippen molar-refractivity contribution in [2.75, 3.05) is 46.6 Å². The number of fused-ring (bicyclic) bond motifs is 1. The number of rotatable bonds is 6. The zero-order valence-electron chi connectivity index (χ0n) is 14.1. The molecule has 0 spiro atoms. The molecule has 1 fully saturated rings. The van der Waals surface area contributed by atoms with Gasteiger partial charge in [0.05, 0.1) is 11.6 Å². The van der Waals surface area contributed by atoms with Gasteiger partial charge in [0.1, 0.15) is 18.1 Å². The first-order valence-corrected chi connectivity index (χ1v) is 10.1. The van der Waals surface area contributed by atoms with E-state index in [1.165, 1.54) is 12.1 Å². The Morgan fingerprint density at radius 3 is 2.52 bits per heavy atom. The lowest BCUT2D eigenvalue weighted by Gasteiger charge is -2.37. The van der Waals surface area contributed by atoms with Gasteiger partial charge >= 0.3 is 0 Å². The van der Waals surface area contributed by atoms with Gasteiger partial charge < -0.3 is 19.5 Å². The summed E-state index contributed by atoms with van der Waals surface area (Å²) in [7, 11) is -2.14. The SMILES string of the molecule is COCC1(CNS(=O)(=O)c2cc3c(cc2Cl)OCCO3)CCNCC1. The van der Waals surface area contributed by atoms with Crippen molar-refractivity contribution in [3.05, 3.63) is 17.2 Å². The summed E-state index contributed by atoms with van der Waals surface area (Å²) in [6, 6.07) is 2.91. The minimum absolute atomic E-state index is 0.0000760. The molecule has 0 amide bonds. The van der Waals surface area contributed by atoms with Gasteiger partial charge in [-0.05, 0) is 25.9 Å². The molecule has 1 saturated heterocycles. The van der Waals surface area contributed by atoms with E-state index in [9.17, 15) is 8.42 Å². The first kappa shape index (κ1) is 18.7. The van der Waals surface area contributed by atoms with E-state index in [0.29, 0.717) is 37.9 Å². The Hall–Kier alpha value is -1.06. The largest absolute Gasteiger partial charge is 0.486 e. The second kappa shape index (κ2) is 7.67. The average Bonchev–Trinajstić information content (AvgIpc) is 2.61. The van der Waals surface area contributed by atoms with Crippen LogP contribution in [0.5, 0.6) is 11.5 Å². The third-order valence-electron chi connectivity index (χ3n) is 4.64. The van der Waals surface area contributed by atoms with E-state index in [1.807, 2.05) is 0 Å². The predicted octanol–water partition coefficient (Wildman–Crippen LogP) is 1.41. The first-order valence-electron chi connectivity index (χ1n) is 8.24. The number of piperidine rings is 1. The van der Waals surface area contributed by atoms with Gasteiger partial charge in [-0.1, -0.05) is 11.6 Å². The maximum Gasteiger partial charge on any atom is 0.242 e. The van der Waals surface area contributed by atoms with Crippen molar-refractivity contribution in [1.29, 1.82) is 0 Å². The topological polar surface area (TPSA) is 85.9 Å². The molecule has 0 bridgehead atoms. The number of ether oxygens (including phenoxy) is 3. The zero-order valence-corrected chi connectivity index (χ0v) is 15.7. The van der Waals surface area contributed by atoms with Crippen molar-refractivity contribution in [2.45, 2.75) is 17.7 Å². The summed E-state index contributed by atoms with van der Waals surface area (Å²) in [6.07, 6.45) is 1.69. The first-order chi connectivity index (χ1) is 12.0. The highest BCUT2D eigenvalue weighted by atomic mass is 35.5. The van der Waals surface area contributed by atoms with Crippen molar-refractivity contribution >= 4 is 21.6 Å². The van der Waals surface area contributed by atoms with Gasteiger partial charge in [0.15, 0.2) is 11.5 Å². The lowest BCUT2D eigenvalue weighted by molar-refractivity contribution is 0.0577. The number of methoxy groups -OCH3 is 1. The Kier molecular flexibility index (Phi) is 5.75. The van der Waals surface area contributed by atoms with E-state index >= 15 is 0 Å². The Morgan fingerprint density at radius 1 is 1.24 bits per heavy atom. The smallest absolute Gasteiger partial charge is 0.242 e. The van der Waals surface area contributed by atoms with E-state index in [2.05, 4.69) is 10.0 Å². The lowest BCUT2D eigenvalue weighted by atomic mass is 9.80. The van der Waals surface area contributed by atoms with Crippen molar-refractivity contribution in [3.8, 4) is 11.5 Å². The van der Waals surface area contributed by atoms with Crippen LogP contribution in [0, 0.1) is 5.41 Å². The monoisotopic (exact) mass is 390 g/mol. The van der Waals surface area contributed by atoms with Gasteiger partial charge in [0.2, 0.25) is 10.0 Å². The molecule has 140 valence electrons. The molecule has 1 aromatic rings. The summed E-state index contributed by atoms with van der Waals surface area (Å²) < 4.78 is 44.5. The van der Waals surface area contributed by atoms with Gasteiger partial charge in [0.25, 0.3) is 0 Å². The number of sulfonamides is 1. The van der Waals surface area contributed by atoms with Crippen molar-refractivity contribution in [2.24, 2.45) is 5.41 Å². The average molecular weight is 391 g/mol. The van der Waals surface area contributed by atoms with E-state index in [1.54, 1.807) is 7.11 Å². The van der Waals surface area contributed by atoms with Gasteiger partial charge in [-0.2, -0.15) is 0 Å². The molecule has 1 aromatic carbocycles. The summed E-state index contributed by atoms with van der Waals surface area (Å²) in [5.74, 6) is 0.855. The predicted molar refractivity (Wildman–Crippen MR) is 94.0 cm³/mol. The highest BCUT2D eigenvalue weighted by Crippen LogP contribution is 2.37. The molecule has 25 heavy (non-hydrogen) atoms. The molecule has 2 heterocycles. The molecule has 7 nitrogen and oxygen atoms in total. The van der Waals surface area contributed by atoms with Gasteiger partial charge in [-0.25, -0.2) is 13.1 Å². The van der Waals surface area contributed by atoms with Crippen LogP contribution in [0.3, 0.4) is 0 Å². The summed E-state index contributed by atoms with van der Waals surface area (Å²) in [5, 5.41) is 3.40. The number of halogens is 1. The van der Waals surface area contributed by atoms with Crippen LogP contribution < -0.4 is 19.5 Å². The summed E-state index contributed by atoms with van der Waals surface area (Å²) in [4.78, 5) is -0.0000760. The molecule has 2 aliphatic rings. The van der Waals surface area contributed by atoms with Crippen LogP contribution in [-0.4, -0.2) is 55.0 Å². The highest BCUT2D eigenvalue weighted by molar-refractivity contribution is 7.89. The normalized spacial score (nSPS) is 19.6. The molecule has 9 heteroatoms. The molecule has 0 unspecified atom stereocenters. The number of nitrogens with one attached hydrogen (secondary N) is 2. The number of hydrogen-bond donors (Lipinski definition) is 2. The highest BCUT2D eigenvalue weighted by Gasteiger charge is 2.34. The van der Waals surface area contributed by atoms with Crippen LogP contribution in [0.4, 0.5) is 0 Å². The molecule has 3 rings (SSSR count). The van der Waals surface area contributed by atoms with E-state index < -0.39 is 10.0 Å². The fraction of sp³-hybridized carbons (Fsp3) is 0.625. The van der Waals surface area contributed by atoms with Crippen molar-refractivity contribution < 1.29 is 22.6 Å². The minimum atomic E-state index is -3.77. The molecular weight excluding hydrogens is 368 g/mol. The van der Waals surface area contributed by atoms with Crippen LogP contribution in [0.2, 0.25) is 5.02 Å². The molecule has 2 aliphatic heterocycles. The molecular formula is C16H23ClN2O5S. The minimum Gasteiger partial charge on any atom is -0.486 e. The van der Waals surface area contributed by atoms with Crippen LogP contribution in [0.1, 0.15) is 12.8 Å². The summed E-state index contributed by atoms with van der Waals surface area (Å²) in [5.41, 5.74) is -0.215. The summed E-state index contributed by atoms with van der Waals surface area (Å²) >= 11 is 6.17. The molecule has 0 radical (unpaired) electrons. The number of benzene rings is 1.